The Kier molecular flexibility index (Phi) is 5.67. The van der Waals surface area contributed by atoms with E-state index in [9.17, 15) is 0 Å². The molecular formula is C16H27N3. The number of nitrogens with one attached hydrogen (secondary N) is 1. The molecule has 3 nitrogen and oxygen atoms in total. The third-order valence-electron chi connectivity index (χ3n) is 3.86. The van der Waals surface area contributed by atoms with Crippen molar-refractivity contribution in [1.29, 1.82) is 0 Å². The fourth-order valence-corrected chi connectivity index (χ4v) is 2.82. The molecule has 1 aromatic carbocycles. The van der Waals surface area contributed by atoms with Crippen molar-refractivity contribution in [1.82, 2.24) is 9.80 Å². The summed E-state index contributed by atoms with van der Waals surface area (Å²) in [6.45, 7) is 5.96. The van der Waals surface area contributed by atoms with Crippen LogP contribution in [0.4, 0.5) is 5.69 Å². The number of rotatable bonds is 6. The Morgan fingerprint density at radius 2 is 1.84 bits per heavy atom. The molecule has 3 heteroatoms. The second-order valence-corrected chi connectivity index (χ2v) is 5.84. The van der Waals surface area contributed by atoms with E-state index in [1.165, 1.54) is 38.2 Å². The molecule has 106 valence electrons. The van der Waals surface area contributed by atoms with Crippen LogP contribution in [0.2, 0.25) is 0 Å². The Morgan fingerprint density at radius 1 is 1.16 bits per heavy atom. The smallest absolute Gasteiger partial charge is 0.0340 e. The topological polar surface area (TPSA) is 18.5 Å². The molecule has 0 unspecified atom stereocenters. The first-order valence-corrected chi connectivity index (χ1v) is 7.40. The molecule has 0 saturated carbocycles. The normalized spacial score (nSPS) is 17.8. The molecule has 0 aromatic heterocycles. The number of benzene rings is 1. The fraction of sp³-hybridized carbons (Fsp3) is 0.625. The van der Waals surface area contributed by atoms with Gasteiger partial charge in [-0.1, -0.05) is 18.2 Å². The molecule has 0 radical (unpaired) electrons. The lowest BCUT2D eigenvalue weighted by Gasteiger charge is -2.33. The molecule has 19 heavy (non-hydrogen) atoms. The Balaban J connectivity index is 1.61. The van der Waals surface area contributed by atoms with E-state index in [0.29, 0.717) is 0 Å². The van der Waals surface area contributed by atoms with Crippen LogP contribution in [0.1, 0.15) is 12.8 Å². The molecular weight excluding hydrogens is 234 g/mol. The van der Waals surface area contributed by atoms with Gasteiger partial charge in [-0.25, -0.2) is 0 Å². The number of hydrogen-bond acceptors (Lipinski definition) is 3. The lowest BCUT2D eigenvalue weighted by molar-refractivity contribution is 0.167. The third-order valence-corrected chi connectivity index (χ3v) is 3.86. The van der Waals surface area contributed by atoms with Crippen molar-refractivity contribution in [3.05, 3.63) is 30.3 Å². The van der Waals surface area contributed by atoms with Gasteiger partial charge in [0.05, 0.1) is 0 Å². The van der Waals surface area contributed by atoms with Gasteiger partial charge in [-0.3, -0.25) is 0 Å². The Bertz CT molecular complexity index is 342. The predicted octanol–water partition coefficient (Wildman–Crippen LogP) is 2.37. The molecule has 0 atom stereocenters. The molecule has 1 aromatic rings. The zero-order valence-corrected chi connectivity index (χ0v) is 12.3. The minimum absolute atomic E-state index is 0.897. The lowest BCUT2D eigenvalue weighted by Crippen LogP contribution is -2.39. The molecule has 1 aliphatic rings. The highest BCUT2D eigenvalue weighted by Crippen LogP contribution is 2.17. The van der Waals surface area contributed by atoms with Gasteiger partial charge in [-0.05, 0) is 58.1 Å². The first-order chi connectivity index (χ1) is 9.24. The lowest BCUT2D eigenvalue weighted by atomic mass is 9.96. The van der Waals surface area contributed by atoms with E-state index < -0.39 is 0 Å². The fourth-order valence-electron chi connectivity index (χ4n) is 2.82. The van der Waals surface area contributed by atoms with Crippen LogP contribution in [-0.2, 0) is 0 Å². The van der Waals surface area contributed by atoms with Crippen molar-refractivity contribution in [3.8, 4) is 0 Å². The van der Waals surface area contributed by atoms with Crippen molar-refractivity contribution in [2.45, 2.75) is 12.8 Å². The van der Waals surface area contributed by atoms with Gasteiger partial charge in [-0.2, -0.15) is 0 Å². The highest BCUT2D eigenvalue weighted by atomic mass is 15.1. The van der Waals surface area contributed by atoms with E-state index in [0.717, 1.165) is 19.0 Å². The third kappa shape index (κ3) is 5.21. The van der Waals surface area contributed by atoms with Crippen molar-refractivity contribution in [2.75, 3.05) is 52.1 Å². The van der Waals surface area contributed by atoms with E-state index in [1.807, 2.05) is 0 Å². The molecule has 1 N–H and O–H groups in total. The quantitative estimate of drug-likeness (QED) is 0.848. The number of nitrogens with zero attached hydrogens (tertiary/aromatic N) is 2. The maximum Gasteiger partial charge on any atom is 0.0340 e. The molecule has 1 saturated heterocycles. The predicted molar refractivity (Wildman–Crippen MR) is 82.6 cm³/mol. The largest absolute Gasteiger partial charge is 0.384 e. The monoisotopic (exact) mass is 261 g/mol. The Labute approximate surface area is 117 Å². The zero-order valence-electron chi connectivity index (χ0n) is 12.3. The summed E-state index contributed by atoms with van der Waals surface area (Å²) >= 11 is 0. The number of likely N-dealkylation sites (tertiary alicyclic amines) is 1. The average molecular weight is 261 g/mol. The maximum atomic E-state index is 3.49. The summed E-state index contributed by atoms with van der Waals surface area (Å²) in [5.74, 6) is 0.897. The Morgan fingerprint density at radius 3 is 2.47 bits per heavy atom. The SMILES string of the molecule is CN(C)CC1CCN(CCNc2ccccc2)CC1. The van der Waals surface area contributed by atoms with Crippen LogP contribution in [0, 0.1) is 5.92 Å². The summed E-state index contributed by atoms with van der Waals surface area (Å²) in [4.78, 5) is 4.90. The van der Waals surface area contributed by atoms with Crippen molar-refractivity contribution in [3.63, 3.8) is 0 Å². The van der Waals surface area contributed by atoms with Gasteiger partial charge in [-0.15, -0.1) is 0 Å². The second-order valence-electron chi connectivity index (χ2n) is 5.84. The van der Waals surface area contributed by atoms with E-state index in [1.54, 1.807) is 0 Å². The Hall–Kier alpha value is -1.06. The van der Waals surface area contributed by atoms with Gasteiger partial charge in [0.1, 0.15) is 0 Å². The first kappa shape index (κ1) is 14.4. The maximum absolute atomic E-state index is 3.49. The number of anilines is 1. The summed E-state index contributed by atoms with van der Waals surface area (Å²) in [6, 6.07) is 10.5. The number of hydrogen-bond donors (Lipinski definition) is 1. The van der Waals surface area contributed by atoms with Crippen LogP contribution in [0.15, 0.2) is 30.3 Å². The molecule has 0 aliphatic carbocycles. The standard InChI is InChI=1S/C16H27N3/c1-18(2)14-15-8-11-19(12-9-15)13-10-17-16-6-4-3-5-7-16/h3-7,15,17H,8-14H2,1-2H3. The summed E-state index contributed by atoms with van der Waals surface area (Å²) in [5.41, 5.74) is 1.23. The van der Waals surface area contributed by atoms with E-state index >= 15 is 0 Å². The van der Waals surface area contributed by atoms with Gasteiger partial charge in [0.25, 0.3) is 0 Å². The molecule has 1 fully saturated rings. The van der Waals surface area contributed by atoms with Gasteiger partial charge < -0.3 is 15.1 Å². The van der Waals surface area contributed by atoms with Gasteiger partial charge in [0, 0.05) is 25.3 Å². The molecule has 1 heterocycles. The van der Waals surface area contributed by atoms with Crippen LogP contribution >= 0.6 is 0 Å². The van der Waals surface area contributed by atoms with Crippen LogP contribution in [0.3, 0.4) is 0 Å². The van der Waals surface area contributed by atoms with Gasteiger partial charge in [0.15, 0.2) is 0 Å². The van der Waals surface area contributed by atoms with E-state index in [2.05, 4.69) is 59.5 Å². The van der Waals surface area contributed by atoms with E-state index in [4.69, 9.17) is 0 Å². The summed E-state index contributed by atoms with van der Waals surface area (Å²) in [7, 11) is 4.35. The highest BCUT2D eigenvalue weighted by molar-refractivity contribution is 5.42. The van der Waals surface area contributed by atoms with Crippen LogP contribution in [0.25, 0.3) is 0 Å². The molecule has 0 amide bonds. The molecule has 2 rings (SSSR count). The van der Waals surface area contributed by atoms with Gasteiger partial charge >= 0.3 is 0 Å². The molecule has 0 bridgehead atoms. The number of para-hydroxylation sites is 1. The van der Waals surface area contributed by atoms with E-state index in [-0.39, 0.29) is 0 Å². The van der Waals surface area contributed by atoms with Crippen LogP contribution < -0.4 is 5.32 Å². The molecule has 1 aliphatic heterocycles. The first-order valence-electron chi connectivity index (χ1n) is 7.40. The number of piperidine rings is 1. The van der Waals surface area contributed by atoms with Gasteiger partial charge in [0.2, 0.25) is 0 Å². The minimum Gasteiger partial charge on any atom is -0.384 e. The summed E-state index contributed by atoms with van der Waals surface area (Å²) in [6.07, 6.45) is 2.70. The minimum atomic E-state index is 0.897. The molecule has 0 spiro atoms. The van der Waals surface area contributed by atoms with Crippen LogP contribution in [0.5, 0.6) is 0 Å². The van der Waals surface area contributed by atoms with Crippen LogP contribution in [-0.4, -0.2) is 56.6 Å². The summed E-state index contributed by atoms with van der Waals surface area (Å²) in [5, 5.41) is 3.49. The van der Waals surface area contributed by atoms with Crippen molar-refractivity contribution < 1.29 is 0 Å². The zero-order chi connectivity index (χ0) is 13.5. The van der Waals surface area contributed by atoms with Crippen molar-refractivity contribution >= 4 is 5.69 Å². The second kappa shape index (κ2) is 7.51. The highest BCUT2D eigenvalue weighted by Gasteiger charge is 2.18. The average Bonchev–Trinajstić information content (AvgIpc) is 2.41. The summed E-state index contributed by atoms with van der Waals surface area (Å²) < 4.78 is 0. The van der Waals surface area contributed by atoms with Crippen molar-refractivity contribution in [2.24, 2.45) is 5.92 Å².